The highest BCUT2D eigenvalue weighted by atomic mass is 19.1. The summed E-state index contributed by atoms with van der Waals surface area (Å²) in [6.07, 6.45) is 5.28. The third-order valence-electron chi connectivity index (χ3n) is 7.46. The monoisotopic (exact) mass is 542 g/mol. The van der Waals surface area contributed by atoms with Gasteiger partial charge in [-0.25, -0.2) is 4.39 Å². The van der Waals surface area contributed by atoms with E-state index < -0.39 is 0 Å². The second-order valence-electron chi connectivity index (χ2n) is 10.4. The number of halogens is 1. The largest absolute Gasteiger partial charge is 0.341 e. The molecular weight excluding hydrogens is 503 g/mol. The van der Waals surface area contributed by atoms with Gasteiger partial charge in [-0.2, -0.15) is 0 Å². The van der Waals surface area contributed by atoms with Gasteiger partial charge in [-0.3, -0.25) is 9.59 Å². The van der Waals surface area contributed by atoms with Crippen LogP contribution in [0.3, 0.4) is 0 Å². The zero-order valence-corrected chi connectivity index (χ0v) is 23.1. The van der Waals surface area contributed by atoms with E-state index in [4.69, 9.17) is 5.73 Å². The first-order chi connectivity index (χ1) is 19.4. The lowest BCUT2D eigenvalue weighted by molar-refractivity contribution is -0.133. The highest BCUT2D eigenvalue weighted by Crippen LogP contribution is 2.27. The summed E-state index contributed by atoms with van der Waals surface area (Å²) < 4.78 is 13.2. The van der Waals surface area contributed by atoms with Gasteiger partial charge in [-0.15, -0.1) is 0 Å². The topological polar surface area (TPSA) is 78.7 Å². The molecule has 1 heterocycles. The lowest BCUT2D eigenvalue weighted by Gasteiger charge is -2.29. The highest BCUT2D eigenvalue weighted by Gasteiger charge is 2.33. The molecule has 0 unspecified atom stereocenters. The second-order valence-corrected chi connectivity index (χ2v) is 10.4. The van der Waals surface area contributed by atoms with E-state index in [0.717, 1.165) is 18.4 Å². The van der Waals surface area contributed by atoms with Gasteiger partial charge in [0.25, 0.3) is 0 Å². The summed E-state index contributed by atoms with van der Waals surface area (Å²) in [5, 5.41) is 3.54. The molecule has 2 atom stereocenters. The van der Waals surface area contributed by atoms with Crippen LogP contribution in [0.15, 0.2) is 91.0 Å². The molecule has 6 nitrogen and oxygen atoms in total. The van der Waals surface area contributed by atoms with Crippen molar-refractivity contribution >= 4 is 17.9 Å². The lowest BCUT2D eigenvalue weighted by atomic mass is 9.90. The van der Waals surface area contributed by atoms with Crippen molar-refractivity contribution in [3.63, 3.8) is 0 Å². The fraction of sp³-hybridized carbons (Fsp3) is 0.333. The highest BCUT2D eigenvalue weighted by molar-refractivity contribution is 5.91. The number of nitrogens with one attached hydrogen (secondary N) is 1. The number of amides is 2. The van der Waals surface area contributed by atoms with Crippen LogP contribution in [-0.2, 0) is 9.59 Å². The molecule has 0 saturated carbocycles. The van der Waals surface area contributed by atoms with E-state index in [-0.39, 0.29) is 35.6 Å². The van der Waals surface area contributed by atoms with Gasteiger partial charge in [-0.1, -0.05) is 72.8 Å². The van der Waals surface area contributed by atoms with Crippen LogP contribution in [0.1, 0.15) is 41.9 Å². The Morgan fingerprint density at radius 3 is 2.27 bits per heavy atom. The minimum absolute atomic E-state index is 0.0446. The van der Waals surface area contributed by atoms with Crippen molar-refractivity contribution in [2.75, 3.05) is 33.2 Å². The second kappa shape index (κ2) is 14.5. The number of hydrogen-bond acceptors (Lipinski definition) is 4. The Morgan fingerprint density at radius 2 is 1.68 bits per heavy atom. The Labute approximate surface area is 236 Å². The summed E-state index contributed by atoms with van der Waals surface area (Å²) in [5.74, 6) is -0.325. The molecule has 210 valence electrons. The Bertz CT molecular complexity index is 1210. The van der Waals surface area contributed by atoms with E-state index in [1.807, 2.05) is 41.3 Å². The van der Waals surface area contributed by atoms with Gasteiger partial charge in [-0.05, 0) is 60.7 Å². The third kappa shape index (κ3) is 8.10. The summed E-state index contributed by atoms with van der Waals surface area (Å²) in [6, 6.07) is 26.2. The van der Waals surface area contributed by atoms with Crippen molar-refractivity contribution in [1.82, 2.24) is 15.1 Å². The quantitative estimate of drug-likeness (QED) is 0.352. The van der Waals surface area contributed by atoms with Crippen molar-refractivity contribution in [2.45, 2.75) is 37.3 Å². The minimum atomic E-state index is -0.360. The number of hydrogen-bond donors (Lipinski definition) is 2. The molecular formula is C33H39FN4O2. The van der Waals surface area contributed by atoms with E-state index in [2.05, 4.69) is 29.6 Å². The van der Waals surface area contributed by atoms with E-state index in [9.17, 15) is 14.0 Å². The van der Waals surface area contributed by atoms with Crippen molar-refractivity contribution in [3.8, 4) is 0 Å². The van der Waals surface area contributed by atoms with Crippen LogP contribution in [-0.4, -0.2) is 66.9 Å². The molecule has 3 aromatic rings. The van der Waals surface area contributed by atoms with Gasteiger partial charge in [0, 0.05) is 44.7 Å². The van der Waals surface area contributed by atoms with Gasteiger partial charge in [0.15, 0.2) is 0 Å². The van der Waals surface area contributed by atoms with Crippen LogP contribution in [0.4, 0.5) is 4.39 Å². The average molecular weight is 543 g/mol. The predicted octanol–water partition coefficient (Wildman–Crippen LogP) is 4.43. The number of benzene rings is 3. The maximum Gasteiger partial charge on any atom is 0.246 e. The number of likely N-dealkylation sites (N-methyl/N-ethyl adjacent to an activating group) is 1. The molecule has 40 heavy (non-hydrogen) atoms. The zero-order chi connectivity index (χ0) is 28.3. The van der Waals surface area contributed by atoms with Crippen molar-refractivity contribution in [1.29, 1.82) is 0 Å². The summed E-state index contributed by atoms with van der Waals surface area (Å²) in [6.45, 7) is 2.15. The standard InChI is InChI=1S/C33H39FN4O2/c1-37(32(39)19-16-25-14-17-28(34)18-15-25)23-29-20-22-38(33(40)31(36-29)13-8-21-35)24-30(26-9-4-2-5-10-26)27-11-6-3-7-12-27/h2-7,9-12,14-19,29-31,36H,8,13,20-24,35H2,1H3/t29-,31-/m0/s1. The summed E-state index contributed by atoms with van der Waals surface area (Å²) >= 11 is 0. The first-order valence-electron chi connectivity index (χ1n) is 14.0. The molecule has 0 aromatic heterocycles. The van der Waals surface area contributed by atoms with Gasteiger partial charge in [0.05, 0.1) is 6.04 Å². The Kier molecular flexibility index (Phi) is 10.6. The maximum atomic E-state index is 13.8. The summed E-state index contributed by atoms with van der Waals surface area (Å²) in [5.41, 5.74) is 8.91. The predicted molar refractivity (Wildman–Crippen MR) is 158 cm³/mol. The van der Waals surface area contributed by atoms with Crippen molar-refractivity contribution in [2.24, 2.45) is 5.73 Å². The van der Waals surface area contributed by atoms with Gasteiger partial charge < -0.3 is 20.9 Å². The van der Waals surface area contributed by atoms with Gasteiger partial charge in [0.1, 0.15) is 5.82 Å². The fourth-order valence-electron chi connectivity index (χ4n) is 5.22. The Hall–Kier alpha value is -3.81. The van der Waals surface area contributed by atoms with Crippen LogP contribution < -0.4 is 11.1 Å². The summed E-state index contributed by atoms with van der Waals surface area (Å²) in [4.78, 5) is 30.3. The first-order valence-corrected chi connectivity index (χ1v) is 14.0. The Morgan fingerprint density at radius 1 is 1.05 bits per heavy atom. The van der Waals surface area contributed by atoms with E-state index in [0.29, 0.717) is 32.6 Å². The SMILES string of the molecule is CN(C[C@@H]1CCN(CC(c2ccccc2)c2ccccc2)C(=O)[C@H](CCCN)N1)C(=O)C=Cc1ccc(F)cc1. The van der Waals surface area contributed by atoms with Crippen LogP contribution in [0.2, 0.25) is 0 Å². The molecule has 0 bridgehead atoms. The van der Waals surface area contributed by atoms with Gasteiger partial charge in [0.2, 0.25) is 11.8 Å². The molecule has 1 aliphatic heterocycles. The molecule has 1 saturated heterocycles. The number of nitrogens with zero attached hydrogens (tertiary/aromatic N) is 2. The summed E-state index contributed by atoms with van der Waals surface area (Å²) in [7, 11) is 1.76. The molecule has 7 heteroatoms. The van der Waals surface area contributed by atoms with Crippen LogP contribution in [0, 0.1) is 5.82 Å². The molecule has 4 rings (SSSR count). The van der Waals surface area contributed by atoms with E-state index in [1.165, 1.54) is 29.3 Å². The molecule has 3 aromatic carbocycles. The molecule has 1 aliphatic rings. The number of carbonyl (C=O) groups excluding carboxylic acids is 2. The zero-order valence-electron chi connectivity index (χ0n) is 23.1. The minimum Gasteiger partial charge on any atom is -0.341 e. The number of rotatable bonds is 11. The fourth-order valence-corrected chi connectivity index (χ4v) is 5.22. The smallest absolute Gasteiger partial charge is 0.246 e. The maximum absolute atomic E-state index is 13.8. The normalized spacial score (nSPS) is 17.8. The molecule has 3 N–H and O–H groups in total. The third-order valence-corrected chi connectivity index (χ3v) is 7.46. The Balaban J connectivity index is 1.47. The average Bonchev–Trinajstić information content (AvgIpc) is 3.13. The number of carbonyl (C=O) groups is 2. The molecule has 0 radical (unpaired) electrons. The van der Waals surface area contributed by atoms with Crippen LogP contribution in [0.25, 0.3) is 6.08 Å². The molecule has 0 aliphatic carbocycles. The van der Waals surface area contributed by atoms with Gasteiger partial charge >= 0.3 is 0 Å². The van der Waals surface area contributed by atoms with E-state index >= 15 is 0 Å². The van der Waals surface area contributed by atoms with Crippen LogP contribution >= 0.6 is 0 Å². The van der Waals surface area contributed by atoms with E-state index in [1.54, 1.807) is 30.2 Å². The van der Waals surface area contributed by atoms with Crippen LogP contribution in [0.5, 0.6) is 0 Å². The van der Waals surface area contributed by atoms with Crippen molar-refractivity contribution in [3.05, 3.63) is 114 Å². The molecule has 1 fully saturated rings. The van der Waals surface area contributed by atoms with Crippen molar-refractivity contribution < 1.29 is 14.0 Å². The molecule has 0 spiro atoms. The lowest BCUT2D eigenvalue weighted by Crippen LogP contribution is -2.49. The number of nitrogens with two attached hydrogens (primary N) is 1. The molecule has 2 amide bonds. The first kappa shape index (κ1) is 29.2.